The Balaban J connectivity index is 1.59. The normalized spacial score (nSPS) is 14.4. The highest BCUT2D eigenvalue weighted by Crippen LogP contribution is 2.18. The number of thiazole rings is 1. The molecule has 0 saturated carbocycles. The molecule has 1 saturated heterocycles. The smallest absolute Gasteiger partial charge is 0.298 e. The van der Waals surface area contributed by atoms with Gasteiger partial charge in [0.1, 0.15) is 0 Å². The van der Waals surface area contributed by atoms with Crippen LogP contribution in [0.4, 0.5) is 10.8 Å². The van der Waals surface area contributed by atoms with E-state index in [1.54, 1.807) is 34.6 Å². The van der Waals surface area contributed by atoms with Gasteiger partial charge in [-0.2, -0.15) is 0 Å². The maximum absolute atomic E-state index is 12.1. The summed E-state index contributed by atoms with van der Waals surface area (Å²) in [5, 5.41) is 2.97. The van der Waals surface area contributed by atoms with Gasteiger partial charge < -0.3 is 15.5 Å². The quantitative estimate of drug-likeness (QED) is 0.639. The maximum atomic E-state index is 12.1. The van der Waals surface area contributed by atoms with Crippen LogP contribution in [0.25, 0.3) is 0 Å². The lowest BCUT2D eigenvalue weighted by Crippen LogP contribution is -2.48. The zero-order chi connectivity index (χ0) is 15.4. The lowest BCUT2D eigenvalue weighted by molar-refractivity contribution is -0.125. The highest BCUT2D eigenvalue weighted by molar-refractivity contribution is 7.13. The summed E-state index contributed by atoms with van der Waals surface area (Å²) in [7, 11) is 0. The molecule has 5 nitrogen and oxygen atoms in total. The molecule has 0 bridgehead atoms. The van der Waals surface area contributed by atoms with E-state index >= 15 is 0 Å². The van der Waals surface area contributed by atoms with Gasteiger partial charge in [-0.05, 0) is 18.2 Å². The summed E-state index contributed by atoms with van der Waals surface area (Å²) >= 11 is 1.62. The first-order chi connectivity index (χ1) is 10.7. The average molecular weight is 312 g/mol. The Labute approximate surface area is 133 Å². The van der Waals surface area contributed by atoms with Gasteiger partial charge in [0.25, 0.3) is 5.91 Å². The minimum atomic E-state index is -0.138. The minimum absolute atomic E-state index is 0.138. The van der Waals surface area contributed by atoms with E-state index in [0.29, 0.717) is 18.8 Å². The molecule has 1 aromatic carbocycles. The second kappa shape index (κ2) is 6.50. The summed E-state index contributed by atoms with van der Waals surface area (Å²) in [6, 6.07) is 7.24. The molecular weight excluding hydrogens is 296 g/mol. The summed E-state index contributed by atoms with van der Waals surface area (Å²) in [5.41, 5.74) is 7.10. The number of anilines is 2. The number of nitrogen functional groups attached to an aromatic ring is 1. The van der Waals surface area contributed by atoms with E-state index in [2.05, 4.69) is 21.7 Å². The first-order valence-electron chi connectivity index (χ1n) is 7.03. The van der Waals surface area contributed by atoms with Crippen LogP contribution >= 0.6 is 11.3 Å². The van der Waals surface area contributed by atoms with Crippen molar-refractivity contribution in [2.24, 2.45) is 0 Å². The summed E-state index contributed by atoms with van der Waals surface area (Å²) < 4.78 is 0. The van der Waals surface area contributed by atoms with Gasteiger partial charge >= 0.3 is 0 Å². The van der Waals surface area contributed by atoms with E-state index in [4.69, 9.17) is 5.73 Å². The van der Waals surface area contributed by atoms with Gasteiger partial charge in [0, 0.05) is 54.9 Å². The highest BCUT2D eigenvalue weighted by Gasteiger charge is 2.21. The Bertz CT molecular complexity index is 709. The zero-order valence-corrected chi connectivity index (χ0v) is 12.8. The number of nitrogens with two attached hydrogens (primary N) is 1. The number of amides is 1. The number of benzene rings is 1. The molecular formula is C16H16N4OS. The van der Waals surface area contributed by atoms with Crippen LogP contribution in [0.5, 0.6) is 0 Å². The van der Waals surface area contributed by atoms with Crippen molar-refractivity contribution in [1.29, 1.82) is 0 Å². The van der Waals surface area contributed by atoms with Gasteiger partial charge in [-0.1, -0.05) is 12.0 Å². The molecule has 2 heterocycles. The topological polar surface area (TPSA) is 62.5 Å². The molecule has 0 spiro atoms. The van der Waals surface area contributed by atoms with E-state index in [-0.39, 0.29) is 5.91 Å². The Kier molecular flexibility index (Phi) is 4.26. The molecule has 0 atom stereocenters. The fourth-order valence-corrected chi connectivity index (χ4v) is 2.99. The molecule has 1 aromatic heterocycles. The van der Waals surface area contributed by atoms with Crippen LogP contribution in [-0.2, 0) is 4.79 Å². The van der Waals surface area contributed by atoms with Crippen molar-refractivity contribution in [2.75, 3.05) is 36.8 Å². The van der Waals surface area contributed by atoms with Crippen molar-refractivity contribution >= 4 is 28.1 Å². The van der Waals surface area contributed by atoms with Gasteiger partial charge in [-0.25, -0.2) is 4.98 Å². The second-order valence-corrected chi connectivity index (χ2v) is 5.84. The van der Waals surface area contributed by atoms with Crippen molar-refractivity contribution in [3.8, 4) is 11.8 Å². The van der Waals surface area contributed by atoms with Crippen LogP contribution in [0.1, 0.15) is 5.56 Å². The van der Waals surface area contributed by atoms with Crippen molar-refractivity contribution < 1.29 is 4.79 Å². The first-order valence-corrected chi connectivity index (χ1v) is 7.91. The standard InChI is InChI=1S/C16H16N4OS/c17-14-3-1-2-13(12-14)4-5-15(21)19-7-9-20(10-8-19)16-18-6-11-22-16/h1-3,6,11-12H,7-10,17H2. The monoisotopic (exact) mass is 312 g/mol. The molecule has 112 valence electrons. The van der Waals surface area contributed by atoms with E-state index < -0.39 is 0 Å². The Morgan fingerprint density at radius 3 is 2.77 bits per heavy atom. The largest absolute Gasteiger partial charge is 0.399 e. The number of hydrogen-bond acceptors (Lipinski definition) is 5. The summed E-state index contributed by atoms with van der Waals surface area (Å²) in [5.74, 6) is 5.43. The predicted molar refractivity (Wildman–Crippen MR) is 88.6 cm³/mol. The van der Waals surface area contributed by atoms with Gasteiger partial charge in [-0.15, -0.1) is 11.3 Å². The first kappa shape index (κ1) is 14.4. The molecule has 1 aliphatic rings. The maximum Gasteiger partial charge on any atom is 0.298 e. The molecule has 1 fully saturated rings. The van der Waals surface area contributed by atoms with Crippen LogP contribution in [0.15, 0.2) is 35.8 Å². The Hall–Kier alpha value is -2.52. The molecule has 1 aliphatic heterocycles. The third-order valence-corrected chi connectivity index (χ3v) is 4.29. The van der Waals surface area contributed by atoms with Crippen LogP contribution in [0, 0.1) is 11.8 Å². The van der Waals surface area contributed by atoms with Crippen molar-refractivity contribution in [3.05, 3.63) is 41.4 Å². The number of hydrogen-bond donors (Lipinski definition) is 1. The number of piperazine rings is 1. The number of aromatic nitrogens is 1. The lowest BCUT2D eigenvalue weighted by atomic mass is 10.2. The third-order valence-electron chi connectivity index (χ3n) is 3.46. The molecule has 0 aliphatic carbocycles. The number of carbonyl (C=O) groups excluding carboxylic acids is 1. The molecule has 0 radical (unpaired) electrons. The number of rotatable bonds is 1. The average Bonchev–Trinajstić information content (AvgIpc) is 3.07. The van der Waals surface area contributed by atoms with Gasteiger partial charge in [0.15, 0.2) is 5.13 Å². The van der Waals surface area contributed by atoms with Crippen LogP contribution in [0.2, 0.25) is 0 Å². The predicted octanol–water partition coefficient (Wildman–Crippen LogP) is 1.43. The molecule has 1 amide bonds. The number of carbonyl (C=O) groups is 1. The molecule has 6 heteroatoms. The SMILES string of the molecule is Nc1cccc(C#CC(=O)N2CCN(c3nccs3)CC2)c1. The summed E-state index contributed by atoms with van der Waals surface area (Å²) in [6.07, 6.45) is 1.80. The van der Waals surface area contributed by atoms with Crippen LogP contribution in [0.3, 0.4) is 0 Å². The van der Waals surface area contributed by atoms with E-state index in [9.17, 15) is 4.79 Å². The minimum Gasteiger partial charge on any atom is -0.399 e. The van der Waals surface area contributed by atoms with E-state index in [1.165, 1.54) is 0 Å². The summed E-state index contributed by atoms with van der Waals surface area (Å²) in [4.78, 5) is 20.4. The molecule has 2 aromatic rings. The fourth-order valence-electron chi connectivity index (χ4n) is 2.29. The summed E-state index contributed by atoms with van der Waals surface area (Å²) in [6.45, 7) is 2.92. The number of nitrogens with zero attached hydrogens (tertiary/aromatic N) is 3. The third kappa shape index (κ3) is 3.38. The molecule has 0 unspecified atom stereocenters. The Morgan fingerprint density at radius 1 is 1.27 bits per heavy atom. The van der Waals surface area contributed by atoms with Crippen molar-refractivity contribution in [3.63, 3.8) is 0 Å². The van der Waals surface area contributed by atoms with Crippen molar-refractivity contribution in [2.45, 2.75) is 0 Å². The molecule has 2 N–H and O–H groups in total. The van der Waals surface area contributed by atoms with Gasteiger partial charge in [0.2, 0.25) is 0 Å². The zero-order valence-electron chi connectivity index (χ0n) is 12.0. The molecule has 22 heavy (non-hydrogen) atoms. The van der Waals surface area contributed by atoms with Gasteiger partial charge in [-0.3, -0.25) is 4.79 Å². The van der Waals surface area contributed by atoms with Gasteiger partial charge in [0.05, 0.1) is 0 Å². The van der Waals surface area contributed by atoms with Crippen molar-refractivity contribution in [1.82, 2.24) is 9.88 Å². The Morgan fingerprint density at radius 2 is 2.09 bits per heavy atom. The van der Waals surface area contributed by atoms with Crippen LogP contribution < -0.4 is 10.6 Å². The van der Waals surface area contributed by atoms with E-state index in [1.807, 2.05) is 17.5 Å². The highest BCUT2D eigenvalue weighted by atomic mass is 32.1. The fraction of sp³-hybridized carbons (Fsp3) is 0.250. The second-order valence-electron chi connectivity index (χ2n) is 4.97. The van der Waals surface area contributed by atoms with E-state index in [0.717, 1.165) is 23.8 Å². The molecule has 3 rings (SSSR count). The van der Waals surface area contributed by atoms with Crippen LogP contribution in [-0.4, -0.2) is 42.0 Å². The lowest BCUT2D eigenvalue weighted by Gasteiger charge is -2.33.